The van der Waals surface area contributed by atoms with Gasteiger partial charge in [-0.3, -0.25) is 9.69 Å². The highest BCUT2D eigenvalue weighted by Gasteiger charge is 2.26. The maximum atomic E-state index is 12.4. The van der Waals surface area contributed by atoms with Crippen LogP contribution in [0, 0.1) is 6.92 Å². The van der Waals surface area contributed by atoms with E-state index in [4.69, 9.17) is 14.9 Å². The van der Waals surface area contributed by atoms with E-state index in [-0.39, 0.29) is 36.8 Å². The first-order valence-corrected chi connectivity index (χ1v) is 8.16. The van der Waals surface area contributed by atoms with Crippen molar-refractivity contribution in [2.24, 2.45) is 0 Å². The Hall–Kier alpha value is -1.73. The molecule has 1 aromatic heterocycles. The third-order valence-electron chi connectivity index (χ3n) is 4.24. The molecule has 3 rings (SSSR count). The highest BCUT2D eigenvalue weighted by molar-refractivity contribution is 5.99. The summed E-state index contributed by atoms with van der Waals surface area (Å²) in [5.41, 5.74) is 6.85. The molecule has 1 aliphatic rings. The van der Waals surface area contributed by atoms with Crippen molar-refractivity contribution in [3.05, 3.63) is 53.5 Å². The van der Waals surface area contributed by atoms with Crippen LogP contribution in [0.5, 0.6) is 0 Å². The van der Waals surface area contributed by atoms with Gasteiger partial charge in [0.05, 0.1) is 24.8 Å². The van der Waals surface area contributed by atoms with Gasteiger partial charge in [-0.2, -0.15) is 0 Å². The lowest BCUT2D eigenvalue weighted by molar-refractivity contribution is 0.0117. The maximum absolute atomic E-state index is 12.4. The number of morpholine rings is 1. The fourth-order valence-corrected chi connectivity index (χ4v) is 2.92. The van der Waals surface area contributed by atoms with Crippen LogP contribution >= 0.6 is 24.8 Å². The number of carbonyl (C=O) groups excluding carboxylic acids is 1. The van der Waals surface area contributed by atoms with Crippen LogP contribution in [0.15, 0.2) is 40.8 Å². The molecule has 2 heterocycles. The Labute approximate surface area is 165 Å². The smallest absolute Gasteiger partial charge is 0.253 e. The van der Waals surface area contributed by atoms with Crippen molar-refractivity contribution in [2.45, 2.75) is 13.0 Å². The number of nitrogens with zero attached hydrogens (tertiary/aromatic N) is 1. The SMILES string of the molecule is Cc1ccc(C(CNC(=O)c2ccccc2N)N2CCOCC2)o1.Cl.Cl. The summed E-state index contributed by atoms with van der Waals surface area (Å²) in [6.45, 7) is 5.39. The van der Waals surface area contributed by atoms with Gasteiger partial charge in [0.2, 0.25) is 0 Å². The van der Waals surface area contributed by atoms with Gasteiger partial charge < -0.3 is 20.2 Å². The number of furan rings is 1. The van der Waals surface area contributed by atoms with Crippen molar-refractivity contribution in [3.63, 3.8) is 0 Å². The molecule has 1 fully saturated rings. The number of anilines is 1. The highest BCUT2D eigenvalue weighted by atomic mass is 35.5. The summed E-state index contributed by atoms with van der Waals surface area (Å²) in [6, 6.07) is 11.0. The molecule has 144 valence electrons. The van der Waals surface area contributed by atoms with Gasteiger partial charge >= 0.3 is 0 Å². The maximum Gasteiger partial charge on any atom is 0.253 e. The van der Waals surface area contributed by atoms with E-state index < -0.39 is 0 Å². The third-order valence-corrected chi connectivity index (χ3v) is 4.24. The fourth-order valence-electron chi connectivity index (χ4n) is 2.92. The Morgan fingerprint density at radius 3 is 2.50 bits per heavy atom. The van der Waals surface area contributed by atoms with Crippen LogP contribution in [0.25, 0.3) is 0 Å². The molecule has 1 atom stereocenters. The van der Waals surface area contributed by atoms with Crippen molar-refractivity contribution >= 4 is 36.4 Å². The molecule has 6 nitrogen and oxygen atoms in total. The van der Waals surface area contributed by atoms with Gasteiger partial charge in [0.25, 0.3) is 5.91 Å². The minimum absolute atomic E-state index is 0. The van der Waals surface area contributed by atoms with Crippen LogP contribution < -0.4 is 11.1 Å². The molecule has 0 saturated carbocycles. The largest absolute Gasteiger partial charge is 0.465 e. The van der Waals surface area contributed by atoms with Gasteiger partial charge in [-0.1, -0.05) is 12.1 Å². The molecule has 26 heavy (non-hydrogen) atoms. The predicted molar refractivity (Wildman–Crippen MR) is 106 cm³/mol. The summed E-state index contributed by atoms with van der Waals surface area (Å²) in [7, 11) is 0. The highest BCUT2D eigenvalue weighted by Crippen LogP contribution is 2.23. The fraction of sp³-hybridized carbons (Fsp3) is 0.389. The van der Waals surface area contributed by atoms with Crippen LogP contribution in [-0.4, -0.2) is 43.7 Å². The molecule has 1 saturated heterocycles. The second-order valence-corrected chi connectivity index (χ2v) is 5.91. The van der Waals surface area contributed by atoms with Crippen molar-refractivity contribution < 1.29 is 13.9 Å². The Balaban J connectivity index is 0.00000169. The van der Waals surface area contributed by atoms with Crippen LogP contribution in [-0.2, 0) is 4.74 Å². The summed E-state index contributed by atoms with van der Waals surface area (Å²) < 4.78 is 11.2. The lowest BCUT2D eigenvalue weighted by Gasteiger charge is -2.33. The van der Waals surface area contributed by atoms with Gasteiger partial charge in [0, 0.05) is 25.3 Å². The van der Waals surface area contributed by atoms with Gasteiger partial charge in [-0.15, -0.1) is 24.8 Å². The molecule has 1 aliphatic heterocycles. The summed E-state index contributed by atoms with van der Waals surface area (Å²) in [4.78, 5) is 14.7. The minimum atomic E-state index is -0.172. The van der Waals surface area contributed by atoms with Gasteiger partial charge in [0.1, 0.15) is 11.5 Å². The number of halogens is 2. The van der Waals surface area contributed by atoms with E-state index in [0.29, 0.717) is 31.0 Å². The third kappa shape index (κ3) is 5.38. The van der Waals surface area contributed by atoms with Crippen LogP contribution in [0.1, 0.15) is 27.9 Å². The summed E-state index contributed by atoms with van der Waals surface area (Å²) in [6.07, 6.45) is 0. The number of hydrogen-bond donors (Lipinski definition) is 2. The number of amides is 1. The monoisotopic (exact) mass is 401 g/mol. The van der Waals surface area contributed by atoms with Crippen LogP contribution in [0.2, 0.25) is 0 Å². The number of hydrogen-bond acceptors (Lipinski definition) is 5. The average molecular weight is 402 g/mol. The Morgan fingerprint density at radius 2 is 1.88 bits per heavy atom. The van der Waals surface area contributed by atoms with E-state index in [1.807, 2.05) is 25.1 Å². The number of aryl methyl sites for hydroxylation is 1. The van der Waals surface area contributed by atoms with Crippen molar-refractivity contribution in [2.75, 3.05) is 38.6 Å². The van der Waals surface area contributed by atoms with Gasteiger partial charge in [0.15, 0.2) is 0 Å². The van der Waals surface area contributed by atoms with E-state index in [1.165, 1.54) is 0 Å². The predicted octanol–water partition coefficient (Wildman–Crippen LogP) is 2.82. The molecule has 0 bridgehead atoms. The topological polar surface area (TPSA) is 80.7 Å². The Bertz CT molecular complexity index is 702. The number of benzene rings is 1. The summed E-state index contributed by atoms with van der Waals surface area (Å²) in [5, 5.41) is 2.98. The number of nitrogens with one attached hydrogen (secondary N) is 1. The number of rotatable bonds is 5. The summed E-state index contributed by atoms with van der Waals surface area (Å²) >= 11 is 0. The second-order valence-electron chi connectivity index (χ2n) is 5.91. The Morgan fingerprint density at radius 1 is 1.19 bits per heavy atom. The van der Waals surface area contributed by atoms with Crippen LogP contribution in [0.3, 0.4) is 0 Å². The molecule has 1 amide bonds. The molecule has 3 N–H and O–H groups in total. The van der Waals surface area contributed by atoms with Gasteiger partial charge in [-0.05, 0) is 31.2 Å². The van der Waals surface area contributed by atoms with E-state index in [9.17, 15) is 4.79 Å². The molecule has 1 aromatic carbocycles. The number of carbonyl (C=O) groups is 1. The first-order valence-electron chi connectivity index (χ1n) is 8.16. The van der Waals surface area contributed by atoms with Crippen LogP contribution in [0.4, 0.5) is 5.69 Å². The van der Waals surface area contributed by atoms with E-state index in [0.717, 1.165) is 24.6 Å². The molecular weight excluding hydrogens is 377 g/mol. The average Bonchev–Trinajstić information content (AvgIpc) is 3.02. The molecule has 2 aromatic rings. The zero-order valence-corrected chi connectivity index (χ0v) is 16.3. The molecule has 0 spiro atoms. The zero-order valence-electron chi connectivity index (χ0n) is 14.6. The van der Waals surface area contributed by atoms with E-state index in [1.54, 1.807) is 18.2 Å². The molecule has 0 radical (unpaired) electrons. The second kappa shape index (κ2) is 10.4. The number of nitrogens with two attached hydrogens (primary N) is 1. The lowest BCUT2D eigenvalue weighted by Crippen LogP contribution is -2.43. The lowest BCUT2D eigenvalue weighted by atomic mass is 10.1. The zero-order chi connectivity index (χ0) is 16.9. The van der Waals surface area contributed by atoms with Crippen molar-refractivity contribution in [3.8, 4) is 0 Å². The standard InChI is InChI=1S/C18H23N3O3.2ClH/c1-13-6-7-17(24-13)16(21-8-10-23-11-9-21)12-20-18(22)14-4-2-3-5-15(14)19;;/h2-7,16H,8-12,19H2,1H3,(H,20,22);2*1H. The quantitative estimate of drug-likeness (QED) is 0.752. The number of para-hydroxylation sites is 1. The summed E-state index contributed by atoms with van der Waals surface area (Å²) in [5.74, 6) is 1.55. The first kappa shape index (κ1) is 22.3. The van der Waals surface area contributed by atoms with Crippen molar-refractivity contribution in [1.82, 2.24) is 10.2 Å². The van der Waals surface area contributed by atoms with Crippen molar-refractivity contribution in [1.29, 1.82) is 0 Å². The normalized spacial score (nSPS) is 15.4. The minimum Gasteiger partial charge on any atom is -0.465 e. The van der Waals surface area contributed by atoms with Gasteiger partial charge in [-0.25, -0.2) is 0 Å². The molecule has 0 aliphatic carbocycles. The Kier molecular flexibility index (Phi) is 8.95. The number of nitrogen functional groups attached to an aromatic ring is 1. The molecule has 8 heteroatoms. The van der Waals surface area contributed by atoms with E-state index in [2.05, 4.69) is 10.2 Å². The molecule has 1 unspecified atom stereocenters. The molecular formula is C18H25Cl2N3O3. The number of ether oxygens (including phenoxy) is 1. The first-order chi connectivity index (χ1) is 11.6. The van der Waals surface area contributed by atoms with E-state index >= 15 is 0 Å².